The van der Waals surface area contributed by atoms with Crippen LogP contribution in [0.4, 0.5) is 0 Å². The fourth-order valence-electron chi connectivity index (χ4n) is 3.78. The number of imidazole rings is 1. The van der Waals surface area contributed by atoms with E-state index in [1.807, 2.05) is 59.8 Å². The van der Waals surface area contributed by atoms with Crippen LogP contribution in [0.1, 0.15) is 42.6 Å². The zero-order chi connectivity index (χ0) is 23.2. The van der Waals surface area contributed by atoms with Crippen molar-refractivity contribution in [3.05, 3.63) is 66.1 Å². The number of rotatable bonds is 8. The minimum absolute atomic E-state index is 0.0298. The van der Waals surface area contributed by atoms with Gasteiger partial charge in [0.25, 0.3) is 5.91 Å². The average molecular weight is 451 g/mol. The number of carbonyl (C=O) groups excluding carboxylic acids is 2. The normalized spacial score (nSPS) is 14.6. The second-order valence-electron chi connectivity index (χ2n) is 8.49. The van der Waals surface area contributed by atoms with Gasteiger partial charge in [-0.25, -0.2) is 4.98 Å². The second-order valence-corrected chi connectivity index (χ2v) is 8.49. The molecule has 1 fully saturated rings. The number of nitrogens with one attached hydrogen (secondary N) is 1. The Morgan fingerprint density at radius 2 is 1.88 bits per heavy atom. The third-order valence-electron chi connectivity index (χ3n) is 5.67. The minimum atomic E-state index is -0.139. The van der Waals surface area contributed by atoms with Crippen molar-refractivity contribution in [3.63, 3.8) is 0 Å². The molecule has 174 valence electrons. The molecule has 0 unspecified atom stereocenters. The molecular weight excluding hydrogens is 420 g/mol. The number of benzene rings is 1. The van der Waals surface area contributed by atoms with Gasteiger partial charge >= 0.3 is 0 Å². The van der Waals surface area contributed by atoms with E-state index in [9.17, 15) is 9.59 Å². The number of likely N-dealkylation sites (tertiary alicyclic amines) is 1. The van der Waals surface area contributed by atoms with Gasteiger partial charge in [-0.2, -0.15) is 0 Å². The number of aromatic nitrogens is 2. The second kappa shape index (κ2) is 10.5. The standard InChI is InChI=1S/C25H30N4O4/c1-18(2)32-17-24(30)29-12-8-22(9-13-29)33-21-5-3-20(4-6-21)25(31)27-16-19-7-11-28-14-10-26-23(28)15-19/h3-7,10-11,14-15,18,22H,8-9,12-13,16-17H2,1-2H3,(H,27,31). The van der Waals surface area contributed by atoms with E-state index in [1.54, 1.807) is 18.3 Å². The molecule has 1 aliphatic rings. The first-order valence-electron chi connectivity index (χ1n) is 11.3. The van der Waals surface area contributed by atoms with E-state index in [0.29, 0.717) is 25.2 Å². The number of hydrogen-bond donors (Lipinski definition) is 1. The predicted molar refractivity (Wildman–Crippen MR) is 124 cm³/mol. The Kier molecular flexibility index (Phi) is 7.24. The number of amides is 2. The van der Waals surface area contributed by atoms with Crippen LogP contribution in [-0.4, -0.2) is 58.0 Å². The molecule has 1 aromatic carbocycles. The van der Waals surface area contributed by atoms with Gasteiger partial charge in [0, 0.05) is 56.6 Å². The Bertz CT molecular complexity index is 1090. The molecule has 0 saturated carbocycles. The van der Waals surface area contributed by atoms with Gasteiger partial charge in [-0.05, 0) is 55.8 Å². The highest BCUT2D eigenvalue weighted by Gasteiger charge is 2.24. The number of carbonyl (C=O) groups is 2. The molecule has 8 heteroatoms. The highest BCUT2D eigenvalue weighted by atomic mass is 16.5. The van der Waals surface area contributed by atoms with Crippen LogP contribution >= 0.6 is 0 Å². The summed E-state index contributed by atoms with van der Waals surface area (Å²) in [6.07, 6.45) is 7.20. The van der Waals surface area contributed by atoms with Crippen LogP contribution in [0.2, 0.25) is 0 Å². The monoisotopic (exact) mass is 450 g/mol. The van der Waals surface area contributed by atoms with Crippen molar-refractivity contribution in [1.82, 2.24) is 19.6 Å². The van der Waals surface area contributed by atoms with Crippen LogP contribution in [-0.2, 0) is 16.1 Å². The number of piperidine rings is 1. The summed E-state index contributed by atoms with van der Waals surface area (Å²) in [5.74, 6) is 0.617. The predicted octanol–water partition coefficient (Wildman–Crippen LogP) is 3.06. The number of fused-ring (bicyclic) bond motifs is 1. The molecule has 2 amide bonds. The maximum Gasteiger partial charge on any atom is 0.251 e. The summed E-state index contributed by atoms with van der Waals surface area (Å²) < 4.78 is 13.4. The van der Waals surface area contributed by atoms with E-state index in [-0.39, 0.29) is 30.6 Å². The van der Waals surface area contributed by atoms with Crippen LogP contribution in [0.5, 0.6) is 5.75 Å². The van der Waals surface area contributed by atoms with E-state index in [4.69, 9.17) is 9.47 Å². The summed E-state index contributed by atoms with van der Waals surface area (Å²) in [4.78, 5) is 30.8. The largest absolute Gasteiger partial charge is 0.490 e. The molecular formula is C25H30N4O4. The van der Waals surface area contributed by atoms with E-state index >= 15 is 0 Å². The Morgan fingerprint density at radius 3 is 2.61 bits per heavy atom. The highest BCUT2D eigenvalue weighted by Crippen LogP contribution is 2.20. The molecule has 8 nitrogen and oxygen atoms in total. The van der Waals surface area contributed by atoms with Crippen molar-refractivity contribution in [1.29, 1.82) is 0 Å². The molecule has 1 aliphatic heterocycles. The van der Waals surface area contributed by atoms with Gasteiger partial charge in [0.2, 0.25) is 5.91 Å². The summed E-state index contributed by atoms with van der Waals surface area (Å²) >= 11 is 0. The first-order chi connectivity index (χ1) is 16.0. The Morgan fingerprint density at radius 1 is 1.12 bits per heavy atom. The van der Waals surface area contributed by atoms with E-state index in [2.05, 4.69) is 10.3 Å². The van der Waals surface area contributed by atoms with Gasteiger partial charge in [-0.1, -0.05) is 0 Å². The summed E-state index contributed by atoms with van der Waals surface area (Å²) in [7, 11) is 0. The quantitative estimate of drug-likeness (QED) is 0.570. The van der Waals surface area contributed by atoms with Gasteiger partial charge in [-0.15, -0.1) is 0 Å². The lowest BCUT2D eigenvalue weighted by Gasteiger charge is -2.32. The van der Waals surface area contributed by atoms with Crippen LogP contribution in [0.15, 0.2) is 55.0 Å². The number of nitrogens with zero attached hydrogens (tertiary/aromatic N) is 3. The first-order valence-corrected chi connectivity index (χ1v) is 11.3. The third-order valence-corrected chi connectivity index (χ3v) is 5.67. The van der Waals surface area contributed by atoms with Gasteiger partial charge < -0.3 is 24.1 Å². The van der Waals surface area contributed by atoms with Gasteiger partial charge in [-0.3, -0.25) is 9.59 Å². The Balaban J connectivity index is 1.23. The van der Waals surface area contributed by atoms with Crippen molar-refractivity contribution < 1.29 is 19.1 Å². The summed E-state index contributed by atoms with van der Waals surface area (Å²) in [5.41, 5.74) is 2.42. The first kappa shape index (κ1) is 22.8. The Labute approximate surface area is 193 Å². The summed E-state index contributed by atoms with van der Waals surface area (Å²) in [5, 5.41) is 2.94. The maximum atomic E-state index is 12.5. The fourth-order valence-corrected chi connectivity index (χ4v) is 3.78. The smallest absolute Gasteiger partial charge is 0.251 e. The van der Waals surface area contributed by atoms with Crippen LogP contribution in [0.25, 0.3) is 5.65 Å². The maximum absolute atomic E-state index is 12.5. The van der Waals surface area contributed by atoms with Gasteiger partial charge in [0.1, 0.15) is 24.1 Å². The van der Waals surface area contributed by atoms with Crippen molar-refractivity contribution in [2.75, 3.05) is 19.7 Å². The number of pyridine rings is 1. The van der Waals surface area contributed by atoms with E-state index in [1.165, 1.54) is 0 Å². The zero-order valence-electron chi connectivity index (χ0n) is 19.1. The molecule has 0 radical (unpaired) electrons. The van der Waals surface area contributed by atoms with Gasteiger partial charge in [0.05, 0.1) is 6.10 Å². The molecule has 0 bridgehead atoms. The molecule has 4 rings (SSSR count). The van der Waals surface area contributed by atoms with E-state index < -0.39 is 0 Å². The number of ether oxygens (including phenoxy) is 2. The van der Waals surface area contributed by atoms with Crippen molar-refractivity contribution in [2.24, 2.45) is 0 Å². The van der Waals surface area contributed by atoms with Crippen LogP contribution < -0.4 is 10.1 Å². The molecule has 33 heavy (non-hydrogen) atoms. The SMILES string of the molecule is CC(C)OCC(=O)N1CCC(Oc2ccc(C(=O)NCc3ccn4ccnc4c3)cc2)CC1. The summed E-state index contributed by atoms with van der Waals surface area (Å²) in [6.45, 7) is 5.73. The molecule has 0 atom stereocenters. The fraction of sp³-hybridized carbons (Fsp3) is 0.400. The molecule has 3 aromatic rings. The van der Waals surface area contributed by atoms with Crippen LogP contribution in [0.3, 0.4) is 0 Å². The molecule has 0 aliphatic carbocycles. The Hall–Kier alpha value is -3.39. The highest BCUT2D eigenvalue weighted by molar-refractivity contribution is 5.94. The zero-order valence-corrected chi connectivity index (χ0v) is 19.1. The summed E-state index contributed by atoms with van der Waals surface area (Å²) in [6, 6.07) is 11.1. The topological polar surface area (TPSA) is 85.2 Å². The molecule has 0 spiro atoms. The lowest BCUT2D eigenvalue weighted by atomic mass is 10.1. The number of hydrogen-bond acceptors (Lipinski definition) is 5. The third kappa shape index (κ3) is 6.10. The van der Waals surface area contributed by atoms with Crippen LogP contribution in [0, 0.1) is 0 Å². The van der Waals surface area contributed by atoms with Crippen molar-refractivity contribution in [2.45, 2.75) is 45.4 Å². The molecule has 2 aromatic heterocycles. The molecule has 1 N–H and O–H groups in total. The van der Waals surface area contributed by atoms with E-state index in [0.717, 1.165) is 29.8 Å². The lowest BCUT2D eigenvalue weighted by Crippen LogP contribution is -2.43. The molecule has 1 saturated heterocycles. The van der Waals surface area contributed by atoms with Crippen molar-refractivity contribution >= 4 is 17.5 Å². The lowest BCUT2D eigenvalue weighted by molar-refractivity contribution is -0.139. The van der Waals surface area contributed by atoms with Gasteiger partial charge in [0.15, 0.2) is 0 Å². The minimum Gasteiger partial charge on any atom is -0.490 e. The average Bonchev–Trinajstić information content (AvgIpc) is 3.30. The van der Waals surface area contributed by atoms with Crippen molar-refractivity contribution in [3.8, 4) is 5.75 Å². The molecule has 3 heterocycles.